The first-order chi connectivity index (χ1) is 9.04. The van der Waals surface area contributed by atoms with Crippen LogP contribution in [0.4, 0.5) is 4.39 Å². The van der Waals surface area contributed by atoms with Crippen molar-refractivity contribution in [3.8, 4) is 0 Å². The topological polar surface area (TPSA) is 17.8 Å². The number of aryl methyl sites for hydroxylation is 2. The van der Waals surface area contributed by atoms with Gasteiger partial charge in [0.15, 0.2) is 0 Å². The summed E-state index contributed by atoms with van der Waals surface area (Å²) in [4.78, 5) is 0. The highest BCUT2D eigenvalue weighted by Crippen LogP contribution is 2.29. The molecule has 0 fully saturated rings. The number of alkyl halides is 1. The van der Waals surface area contributed by atoms with Crippen molar-refractivity contribution < 1.29 is 4.39 Å². The van der Waals surface area contributed by atoms with Gasteiger partial charge in [-0.05, 0) is 25.0 Å². The fourth-order valence-electron chi connectivity index (χ4n) is 2.19. The number of hydrogen-bond acceptors (Lipinski definition) is 1. The molecular weight excluding hydrogens is 286 g/mol. The highest BCUT2D eigenvalue weighted by Gasteiger charge is 2.20. The number of rotatable bonds is 4. The van der Waals surface area contributed by atoms with Crippen molar-refractivity contribution in [3.63, 3.8) is 0 Å². The molecule has 0 aliphatic carbocycles. The van der Waals surface area contributed by atoms with Gasteiger partial charge in [-0.2, -0.15) is 5.10 Å². The maximum absolute atomic E-state index is 13.8. The Bertz CT molecular complexity index is 581. The summed E-state index contributed by atoms with van der Waals surface area (Å²) >= 11 is 12.2. The average molecular weight is 301 g/mol. The number of halogens is 3. The lowest BCUT2D eigenvalue weighted by molar-refractivity contribution is 0.579. The number of hydrogen-bond donors (Lipinski definition) is 0. The van der Waals surface area contributed by atoms with E-state index < -0.39 is 0 Å². The fourth-order valence-corrected chi connectivity index (χ4v) is 2.70. The molecule has 1 aromatic heterocycles. The predicted octanol–water partition coefficient (Wildman–Crippen LogP) is 4.09. The number of aromatic nitrogens is 2. The molecule has 0 amide bonds. The summed E-state index contributed by atoms with van der Waals surface area (Å²) in [5.74, 6) is -0.0140. The number of nitrogens with zero attached hydrogens (tertiary/aromatic N) is 2. The van der Waals surface area contributed by atoms with Crippen molar-refractivity contribution in [2.24, 2.45) is 7.05 Å². The first-order valence-electron chi connectivity index (χ1n) is 6.03. The zero-order valence-corrected chi connectivity index (χ0v) is 12.3. The summed E-state index contributed by atoms with van der Waals surface area (Å²) in [5.41, 5.74) is 2.28. The van der Waals surface area contributed by atoms with E-state index in [1.807, 2.05) is 20.0 Å². The molecular formula is C14H15Cl2FN2. The number of benzene rings is 1. The van der Waals surface area contributed by atoms with E-state index in [0.29, 0.717) is 22.9 Å². The van der Waals surface area contributed by atoms with Crippen LogP contribution in [-0.2, 0) is 13.5 Å². The van der Waals surface area contributed by atoms with E-state index in [1.54, 1.807) is 16.8 Å². The molecule has 0 aliphatic heterocycles. The molecule has 1 aromatic carbocycles. The molecule has 2 rings (SSSR count). The second-order valence-corrected chi connectivity index (χ2v) is 5.23. The first kappa shape index (κ1) is 14.4. The third-order valence-electron chi connectivity index (χ3n) is 3.23. The molecule has 1 atom stereocenters. The zero-order valence-electron chi connectivity index (χ0n) is 10.8. The molecule has 1 unspecified atom stereocenters. The van der Waals surface area contributed by atoms with Crippen LogP contribution in [0.1, 0.15) is 22.9 Å². The van der Waals surface area contributed by atoms with Crippen LogP contribution in [0, 0.1) is 12.7 Å². The van der Waals surface area contributed by atoms with Gasteiger partial charge in [0.25, 0.3) is 0 Å². The van der Waals surface area contributed by atoms with Crippen LogP contribution in [-0.4, -0.2) is 15.7 Å². The quantitative estimate of drug-likeness (QED) is 0.778. The summed E-state index contributed by atoms with van der Waals surface area (Å²) in [7, 11) is 1.83. The molecule has 0 aliphatic rings. The van der Waals surface area contributed by atoms with Gasteiger partial charge in [-0.3, -0.25) is 4.68 Å². The van der Waals surface area contributed by atoms with E-state index in [0.717, 1.165) is 11.4 Å². The average Bonchev–Trinajstić information content (AvgIpc) is 2.63. The van der Waals surface area contributed by atoms with E-state index in [1.165, 1.54) is 6.07 Å². The van der Waals surface area contributed by atoms with Crippen LogP contribution < -0.4 is 0 Å². The summed E-state index contributed by atoms with van der Waals surface area (Å²) in [6.07, 6.45) is 0.570. The van der Waals surface area contributed by atoms with Crippen LogP contribution in [0.2, 0.25) is 5.02 Å². The van der Waals surface area contributed by atoms with Crippen LogP contribution >= 0.6 is 23.2 Å². The molecule has 0 saturated heterocycles. The van der Waals surface area contributed by atoms with E-state index in [9.17, 15) is 4.39 Å². The molecule has 0 N–H and O–H groups in total. The Morgan fingerprint density at radius 2 is 2.05 bits per heavy atom. The minimum atomic E-state index is -0.233. The molecule has 102 valence electrons. The van der Waals surface area contributed by atoms with Crippen LogP contribution in [0.3, 0.4) is 0 Å². The summed E-state index contributed by atoms with van der Waals surface area (Å²) in [5, 5.41) is 4.90. The Kier molecular flexibility index (Phi) is 4.48. The molecule has 2 nitrogen and oxygen atoms in total. The van der Waals surface area contributed by atoms with Crippen molar-refractivity contribution >= 4 is 23.2 Å². The maximum Gasteiger partial charge on any atom is 0.126 e. The Hall–Kier alpha value is -1.06. The highest BCUT2D eigenvalue weighted by atomic mass is 35.5. The largest absolute Gasteiger partial charge is 0.271 e. The zero-order chi connectivity index (χ0) is 14.0. The minimum absolute atomic E-state index is 0.116. The van der Waals surface area contributed by atoms with Crippen molar-refractivity contribution in [1.82, 2.24) is 9.78 Å². The van der Waals surface area contributed by atoms with Crippen molar-refractivity contribution in [3.05, 3.63) is 52.1 Å². The molecule has 1 heterocycles. The van der Waals surface area contributed by atoms with Gasteiger partial charge in [0, 0.05) is 18.8 Å². The Labute approximate surface area is 122 Å². The lowest BCUT2D eigenvalue weighted by atomic mass is 9.95. The predicted molar refractivity (Wildman–Crippen MR) is 76.5 cm³/mol. The Morgan fingerprint density at radius 3 is 2.58 bits per heavy atom. The summed E-state index contributed by atoms with van der Waals surface area (Å²) in [6.45, 7) is 1.85. The van der Waals surface area contributed by atoms with E-state index in [2.05, 4.69) is 5.10 Å². The van der Waals surface area contributed by atoms with E-state index in [-0.39, 0.29) is 11.7 Å². The summed E-state index contributed by atoms with van der Waals surface area (Å²) in [6, 6.07) is 6.70. The third kappa shape index (κ3) is 2.93. The maximum atomic E-state index is 13.8. The van der Waals surface area contributed by atoms with Crippen LogP contribution in [0.25, 0.3) is 0 Å². The lowest BCUT2D eigenvalue weighted by Crippen LogP contribution is -2.10. The van der Waals surface area contributed by atoms with Crippen molar-refractivity contribution in [2.45, 2.75) is 19.3 Å². The molecule has 5 heteroatoms. The molecule has 0 radical (unpaired) electrons. The SMILES string of the molecule is Cc1nn(C)c(CC(CCl)c2ccccc2F)c1Cl. The molecule has 2 aromatic rings. The van der Waals surface area contributed by atoms with Crippen molar-refractivity contribution in [2.75, 3.05) is 5.88 Å². The lowest BCUT2D eigenvalue weighted by Gasteiger charge is -2.15. The van der Waals surface area contributed by atoms with Gasteiger partial charge in [0.05, 0.1) is 16.4 Å². The molecule has 0 spiro atoms. The second kappa shape index (κ2) is 5.93. The van der Waals surface area contributed by atoms with Gasteiger partial charge in [0.1, 0.15) is 5.82 Å². The fraction of sp³-hybridized carbons (Fsp3) is 0.357. The van der Waals surface area contributed by atoms with E-state index >= 15 is 0 Å². The van der Waals surface area contributed by atoms with Crippen LogP contribution in [0.5, 0.6) is 0 Å². The first-order valence-corrected chi connectivity index (χ1v) is 6.94. The molecule has 0 saturated carbocycles. The van der Waals surface area contributed by atoms with Gasteiger partial charge in [-0.15, -0.1) is 11.6 Å². The normalized spacial score (nSPS) is 12.7. The van der Waals surface area contributed by atoms with Gasteiger partial charge in [-0.1, -0.05) is 29.8 Å². The smallest absolute Gasteiger partial charge is 0.126 e. The van der Waals surface area contributed by atoms with Gasteiger partial charge in [0.2, 0.25) is 0 Å². The van der Waals surface area contributed by atoms with Crippen molar-refractivity contribution in [1.29, 1.82) is 0 Å². The molecule has 19 heavy (non-hydrogen) atoms. The Morgan fingerprint density at radius 1 is 1.37 bits per heavy atom. The minimum Gasteiger partial charge on any atom is -0.271 e. The molecule has 0 bridgehead atoms. The standard InChI is InChI=1S/C14H15Cl2FN2/c1-9-14(16)13(19(2)18-9)7-10(8-15)11-5-3-4-6-12(11)17/h3-6,10H,7-8H2,1-2H3. The van der Waals surface area contributed by atoms with Gasteiger partial charge >= 0.3 is 0 Å². The van der Waals surface area contributed by atoms with Crippen LogP contribution in [0.15, 0.2) is 24.3 Å². The highest BCUT2D eigenvalue weighted by molar-refractivity contribution is 6.31. The van der Waals surface area contributed by atoms with E-state index in [4.69, 9.17) is 23.2 Å². The third-order valence-corrected chi connectivity index (χ3v) is 4.10. The van der Waals surface area contributed by atoms with Gasteiger partial charge < -0.3 is 0 Å². The second-order valence-electron chi connectivity index (χ2n) is 4.55. The van der Waals surface area contributed by atoms with Gasteiger partial charge in [-0.25, -0.2) is 4.39 Å². The summed E-state index contributed by atoms with van der Waals surface area (Å²) < 4.78 is 15.6. The monoisotopic (exact) mass is 300 g/mol. The Balaban J connectivity index is 2.32.